The molecule has 1 saturated heterocycles. The second kappa shape index (κ2) is 20.9. The molecule has 286 valence electrons. The van der Waals surface area contributed by atoms with Crippen LogP contribution >= 0.6 is 0 Å². The summed E-state index contributed by atoms with van der Waals surface area (Å²) in [4.78, 5) is 72.3. The summed E-state index contributed by atoms with van der Waals surface area (Å²) in [5, 5.41) is 33.3. The molecule has 0 saturated carbocycles. The van der Waals surface area contributed by atoms with E-state index in [0.29, 0.717) is 58.8 Å². The normalized spacial score (nSPS) is 16.2. The minimum atomic E-state index is -1.02. The zero-order valence-electron chi connectivity index (χ0n) is 29.7. The highest BCUT2D eigenvalue weighted by molar-refractivity contribution is 5.84. The number of hydrogen-bond donors (Lipinski definition) is 6. The van der Waals surface area contributed by atoms with Gasteiger partial charge in [0, 0.05) is 58.9 Å². The molecule has 0 unspecified atom stereocenters. The topological polar surface area (TPSA) is 218 Å². The van der Waals surface area contributed by atoms with Crippen LogP contribution in [0.5, 0.6) is 0 Å². The summed E-state index contributed by atoms with van der Waals surface area (Å²) in [6, 6.07) is 20.5. The standard InChI is InChI=1S/C37H49N7O9/c38-32(20-29-9-10-30-3-1-2-4-31(30)19-29)37(52)40-53-26-28-7-5-27(6-8-28)21-39-33(45)22-41-11-13-42(23-34(46)47)15-17-44(25-36(50)51)18-16-43(14-12-41)24-35(48)49/h1-10,19,32H,11-18,20-26,38H2,(H,39,45)(H,40,52)(H,46,47)(H,48,49)(H,50,51)/t32-/m1/s1. The Labute approximate surface area is 308 Å². The van der Waals surface area contributed by atoms with Crippen molar-refractivity contribution in [1.82, 2.24) is 30.4 Å². The number of nitrogens with zero attached hydrogens (tertiary/aromatic N) is 4. The van der Waals surface area contributed by atoms with Crippen LogP contribution in [-0.4, -0.2) is 149 Å². The molecule has 4 rings (SSSR count). The van der Waals surface area contributed by atoms with Gasteiger partial charge in [-0.05, 0) is 33.9 Å². The fraction of sp³-hybridized carbons (Fsp3) is 0.432. The van der Waals surface area contributed by atoms with Crippen LogP contribution in [0, 0.1) is 0 Å². The van der Waals surface area contributed by atoms with Gasteiger partial charge in [0.1, 0.15) is 0 Å². The Morgan fingerprint density at radius 3 is 1.58 bits per heavy atom. The predicted molar refractivity (Wildman–Crippen MR) is 196 cm³/mol. The monoisotopic (exact) mass is 735 g/mol. The van der Waals surface area contributed by atoms with E-state index in [1.165, 1.54) is 0 Å². The van der Waals surface area contributed by atoms with Crippen LogP contribution in [-0.2, 0) is 48.4 Å². The van der Waals surface area contributed by atoms with E-state index in [-0.39, 0.29) is 45.2 Å². The third kappa shape index (κ3) is 14.9. The van der Waals surface area contributed by atoms with Crippen molar-refractivity contribution in [2.24, 2.45) is 5.73 Å². The van der Waals surface area contributed by atoms with Crippen molar-refractivity contribution in [3.05, 3.63) is 83.4 Å². The Bertz CT molecular complexity index is 1660. The molecule has 3 aromatic rings. The van der Waals surface area contributed by atoms with E-state index in [1.807, 2.05) is 71.6 Å². The number of carboxylic acids is 3. The van der Waals surface area contributed by atoms with Crippen LogP contribution in [0.25, 0.3) is 10.8 Å². The maximum Gasteiger partial charge on any atom is 0.317 e. The number of hydroxylamine groups is 1. The molecule has 2 amide bonds. The number of hydrogen-bond acceptors (Lipinski definition) is 11. The van der Waals surface area contributed by atoms with Gasteiger partial charge in [-0.1, -0.05) is 66.7 Å². The van der Waals surface area contributed by atoms with Crippen LogP contribution in [0.2, 0.25) is 0 Å². The lowest BCUT2D eigenvalue weighted by molar-refractivity contribution is -0.140. The molecule has 0 radical (unpaired) electrons. The van der Waals surface area contributed by atoms with Crippen LogP contribution in [0.15, 0.2) is 66.7 Å². The molecule has 1 aliphatic heterocycles. The van der Waals surface area contributed by atoms with Crippen molar-refractivity contribution in [2.45, 2.75) is 25.6 Å². The number of carbonyl (C=O) groups excluding carboxylic acids is 2. The summed E-state index contributed by atoms with van der Waals surface area (Å²) in [6.07, 6.45) is 0.361. The van der Waals surface area contributed by atoms with Gasteiger partial charge >= 0.3 is 17.9 Å². The fourth-order valence-electron chi connectivity index (χ4n) is 5.98. The van der Waals surface area contributed by atoms with Gasteiger partial charge in [0.25, 0.3) is 5.91 Å². The van der Waals surface area contributed by atoms with E-state index in [1.54, 1.807) is 14.7 Å². The average molecular weight is 736 g/mol. The molecule has 7 N–H and O–H groups in total. The van der Waals surface area contributed by atoms with Crippen LogP contribution < -0.4 is 16.5 Å². The number of amides is 2. The van der Waals surface area contributed by atoms with E-state index < -0.39 is 29.9 Å². The highest BCUT2D eigenvalue weighted by atomic mass is 16.6. The van der Waals surface area contributed by atoms with Crippen molar-refractivity contribution < 1.29 is 44.1 Å². The number of benzene rings is 3. The summed E-state index contributed by atoms with van der Waals surface area (Å²) in [6.45, 7) is 2.18. The molecular weight excluding hydrogens is 686 g/mol. The Hall–Kier alpha value is -4.97. The molecule has 53 heavy (non-hydrogen) atoms. The summed E-state index contributed by atoms with van der Waals surface area (Å²) in [7, 11) is 0. The largest absolute Gasteiger partial charge is 0.480 e. The molecule has 1 aliphatic rings. The van der Waals surface area contributed by atoms with Gasteiger partial charge in [0.15, 0.2) is 0 Å². The van der Waals surface area contributed by atoms with E-state index in [9.17, 15) is 39.3 Å². The van der Waals surface area contributed by atoms with Gasteiger partial charge in [0.05, 0.1) is 38.8 Å². The lowest BCUT2D eigenvalue weighted by Crippen LogP contribution is -2.49. The molecule has 0 bridgehead atoms. The van der Waals surface area contributed by atoms with E-state index in [0.717, 1.165) is 27.5 Å². The fourth-order valence-corrected chi connectivity index (χ4v) is 5.98. The second-order valence-electron chi connectivity index (χ2n) is 13.1. The van der Waals surface area contributed by atoms with Crippen LogP contribution in [0.3, 0.4) is 0 Å². The molecule has 0 aliphatic carbocycles. The number of nitrogens with one attached hydrogen (secondary N) is 2. The SMILES string of the molecule is N[C@H](Cc1ccc2ccccc2c1)C(=O)NOCc1ccc(CNC(=O)CN2CCN(CC(=O)O)CCN(CC(=O)O)CCN(CC(=O)O)CC2)cc1. The summed E-state index contributed by atoms with van der Waals surface area (Å²) in [5.41, 5.74) is 11.1. The first-order valence-electron chi connectivity index (χ1n) is 17.5. The molecule has 1 fully saturated rings. The van der Waals surface area contributed by atoms with Crippen molar-refractivity contribution in [2.75, 3.05) is 78.5 Å². The third-order valence-corrected chi connectivity index (χ3v) is 8.90. The predicted octanol–water partition coefficient (Wildman–Crippen LogP) is 0.0492. The highest BCUT2D eigenvalue weighted by Crippen LogP contribution is 2.16. The van der Waals surface area contributed by atoms with E-state index in [4.69, 9.17) is 10.6 Å². The van der Waals surface area contributed by atoms with Gasteiger partial charge in [-0.2, -0.15) is 0 Å². The number of carboxylic acid groups (broad SMARTS) is 3. The maximum atomic E-state index is 13.0. The highest BCUT2D eigenvalue weighted by Gasteiger charge is 2.21. The zero-order valence-corrected chi connectivity index (χ0v) is 29.7. The average Bonchev–Trinajstić information content (AvgIpc) is 3.11. The third-order valence-electron chi connectivity index (χ3n) is 8.90. The van der Waals surface area contributed by atoms with Crippen molar-refractivity contribution >= 4 is 40.5 Å². The number of nitrogens with two attached hydrogens (primary N) is 1. The Balaban J connectivity index is 1.23. The Kier molecular flexibility index (Phi) is 16.1. The zero-order chi connectivity index (χ0) is 38.2. The Morgan fingerprint density at radius 2 is 1.08 bits per heavy atom. The second-order valence-corrected chi connectivity index (χ2v) is 13.1. The molecule has 1 atom stereocenters. The van der Waals surface area contributed by atoms with Crippen molar-refractivity contribution in [1.29, 1.82) is 0 Å². The Morgan fingerprint density at radius 1 is 0.623 bits per heavy atom. The van der Waals surface area contributed by atoms with Crippen LogP contribution in [0.4, 0.5) is 0 Å². The summed E-state index contributed by atoms with van der Waals surface area (Å²) < 4.78 is 0. The lowest BCUT2D eigenvalue weighted by atomic mass is 10.0. The quantitative estimate of drug-likeness (QED) is 0.107. The number of rotatable bonds is 16. The van der Waals surface area contributed by atoms with Gasteiger partial charge in [-0.3, -0.25) is 48.4 Å². The number of carbonyl (C=O) groups is 5. The van der Waals surface area contributed by atoms with Crippen LogP contribution in [0.1, 0.15) is 16.7 Å². The molecule has 16 heteroatoms. The van der Waals surface area contributed by atoms with E-state index in [2.05, 4.69) is 10.8 Å². The lowest BCUT2D eigenvalue weighted by Gasteiger charge is -2.32. The number of aliphatic carboxylic acids is 3. The van der Waals surface area contributed by atoms with E-state index >= 15 is 0 Å². The first-order chi connectivity index (χ1) is 25.4. The van der Waals surface area contributed by atoms with Gasteiger partial charge in [-0.25, -0.2) is 5.48 Å². The van der Waals surface area contributed by atoms with Crippen molar-refractivity contribution in [3.63, 3.8) is 0 Å². The molecule has 0 aromatic heterocycles. The molecule has 1 heterocycles. The molecule has 16 nitrogen and oxygen atoms in total. The minimum Gasteiger partial charge on any atom is -0.480 e. The smallest absolute Gasteiger partial charge is 0.317 e. The van der Waals surface area contributed by atoms with Gasteiger partial charge < -0.3 is 26.4 Å². The van der Waals surface area contributed by atoms with Gasteiger partial charge in [0.2, 0.25) is 5.91 Å². The summed E-state index contributed by atoms with van der Waals surface area (Å²) in [5.74, 6) is -3.74. The molecule has 3 aromatic carbocycles. The minimum absolute atomic E-state index is 0.0155. The first-order valence-corrected chi connectivity index (χ1v) is 17.5. The summed E-state index contributed by atoms with van der Waals surface area (Å²) >= 11 is 0. The van der Waals surface area contributed by atoms with Crippen molar-refractivity contribution in [3.8, 4) is 0 Å². The van der Waals surface area contributed by atoms with Gasteiger partial charge in [-0.15, -0.1) is 0 Å². The number of fused-ring (bicyclic) bond motifs is 1. The first kappa shape index (κ1) is 40.8. The maximum absolute atomic E-state index is 13.0. The molecule has 0 spiro atoms. The molecular formula is C37H49N7O9.